The van der Waals surface area contributed by atoms with E-state index in [1.165, 1.54) is 6.92 Å². The van der Waals surface area contributed by atoms with Crippen LogP contribution in [0, 0.1) is 6.92 Å². The number of hydrogen-bond donors (Lipinski definition) is 3. The topological polar surface area (TPSA) is 82.2 Å². The molecule has 0 saturated heterocycles. The maximum atomic E-state index is 12.1. The zero-order chi connectivity index (χ0) is 14.6. The lowest BCUT2D eigenvalue weighted by molar-refractivity contribution is 0.0918. The van der Waals surface area contributed by atoms with E-state index in [1.807, 2.05) is 6.92 Å². The Morgan fingerprint density at radius 2 is 2.05 bits per heavy atom. The molecule has 0 aliphatic carbocycles. The molecular weight excluding hydrogens is 244 g/mol. The van der Waals surface area contributed by atoms with Crippen LogP contribution in [0.5, 0.6) is 0 Å². The third-order valence-corrected chi connectivity index (χ3v) is 2.93. The first-order chi connectivity index (χ1) is 8.88. The van der Waals surface area contributed by atoms with Crippen LogP contribution < -0.4 is 5.32 Å². The van der Waals surface area contributed by atoms with Gasteiger partial charge in [0.2, 0.25) is 0 Å². The van der Waals surface area contributed by atoms with Crippen molar-refractivity contribution in [3.05, 3.63) is 22.5 Å². The minimum atomic E-state index is -0.595. The molecule has 1 unspecified atom stereocenters. The predicted molar refractivity (Wildman–Crippen MR) is 73.5 cm³/mol. The highest BCUT2D eigenvalue weighted by molar-refractivity contribution is 6.02. The van der Waals surface area contributed by atoms with E-state index in [2.05, 4.69) is 10.3 Å². The van der Waals surface area contributed by atoms with Crippen molar-refractivity contribution in [1.29, 1.82) is 0 Å². The number of hydrogen-bond acceptors (Lipinski definition) is 3. The maximum Gasteiger partial charge on any atom is 0.268 e. The van der Waals surface area contributed by atoms with E-state index in [4.69, 9.17) is 0 Å². The number of rotatable bonds is 6. The van der Waals surface area contributed by atoms with E-state index in [0.717, 1.165) is 17.7 Å². The fourth-order valence-electron chi connectivity index (χ4n) is 2.18. The Bertz CT molecular complexity index is 475. The summed E-state index contributed by atoms with van der Waals surface area (Å²) >= 11 is 0. The first-order valence-electron chi connectivity index (χ1n) is 6.57. The molecule has 0 radical (unpaired) electrons. The number of aliphatic hydroxyl groups is 1. The van der Waals surface area contributed by atoms with Crippen LogP contribution in [0.2, 0.25) is 0 Å². The highest BCUT2D eigenvalue weighted by Gasteiger charge is 2.22. The maximum absolute atomic E-state index is 12.1. The van der Waals surface area contributed by atoms with E-state index in [-0.39, 0.29) is 18.2 Å². The van der Waals surface area contributed by atoms with Crippen molar-refractivity contribution < 1.29 is 14.7 Å². The molecule has 1 heterocycles. The standard InChI is InChI=1S/C14H22N2O3/c1-5-6-11-12(10(4)18)9(3)16-13(11)14(19)15-7-8(2)17/h8,16-17H,5-7H2,1-4H3,(H,15,19). The fourth-order valence-corrected chi connectivity index (χ4v) is 2.18. The van der Waals surface area contributed by atoms with Crippen LogP contribution in [0.4, 0.5) is 0 Å². The molecule has 1 amide bonds. The molecule has 106 valence electrons. The number of Topliss-reactive ketones (excluding diaryl/α,β-unsaturated/α-hetero) is 1. The SMILES string of the molecule is CCCc1c(C(=O)NCC(C)O)[nH]c(C)c1C(C)=O. The molecule has 5 heteroatoms. The van der Waals surface area contributed by atoms with E-state index < -0.39 is 6.10 Å². The smallest absolute Gasteiger partial charge is 0.268 e. The Morgan fingerprint density at radius 3 is 2.53 bits per heavy atom. The molecule has 0 aliphatic heterocycles. The van der Waals surface area contributed by atoms with Gasteiger partial charge in [-0.25, -0.2) is 0 Å². The lowest BCUT2D eigenvalue weighted by atomic mass is 10.0. The van der Waals surface area contributed by atoms with E-state index in [1.54, 1.807) is 13.8 Å². The number of carbonyl (C=O) groups is 2. The summed E-state index contributed by atoms with van der Waals surface area (Å²) in [5, 5.41) is 11.8. The van der Waals surface area contributed by atoms with Gasteiger partial charge in [0.05, 0.1) is 6.10 Å². The number of nitrogens with one attached hydrogen (secondary N) is 2. The number of aromatic nitrogens is 1. The summed E-state index contributed by atoms with van der Waals surface area (Å²) in [5.74, 6) is -0.313. The molecule has 19 heavy (non-hydrogen) atoms. The van der Waals surface area contributed by atoms with Gasteiger partial charge in [-0.2, -0.15) is 0 Å². The second-order valence-corrected chi connectivity index (χ2v) is 4.84. The first-order valence-corrected chi connectivity index (χ1v) is 6.57. The van der Waals surface area contributed by atoms with Crippen LogP contribution in [0.1, 0.15) is 59.3 Å². The van der Waals surface area contributed by atoms with Gasteiger partial charge in [-0.3, -0.25) is 9.59 Å². The van der Waals surface area contributed by atoms with Crippen LogP contribution in [0.25, 0.3) is 0 Å². The van der Waals surface area contributed by atoms with Crippen molar-refractivity contribution in [3.8, 4) is 0 Å². The van der Waals surface area contributed by atoms with Crippen molar-refractivity contribution in [2.24, 2.45) is 0 Å². The van der Waals surface area contributed by atoms with Crippen molar-refractivity contribution in [2.45, 2.75) is 46.6 Å². The molecule has 1 rings (SSSR count). The lowest BCUT2D eigenvalue weighted by Gasteiger charge is -2.08. The molecule has 1 atom stereocenters. The third-order valence-electron chi connectivity index (χ3n) is 2.93. The molecule has 3 N–H and O–H groups in total. The lowest BCUT2D eigenvalue weighted by Crippen LogP contribution is -2.31. The summed E-state index contributed by atoms with van der Waals surface area (Å²) in [5.41, 5.74) is 2.54. The number of amides is 1. The summed E-state index contributed by atoms with van der Waals surface area (Å²) in [4.78, 5) is 26.7. The predicted octanol–water partition coefficient (Wildman–Crippen LogP) is 1.59. The summed E-state index contributed by atoms with van der Waals surface area (Å²) < 4.78 is 0. The molecule has 0 saturated carbocycles. The van der Waals surface area contributed by atoms with Crippen molar-refractivity contribution in [3.63, 3.8) is 0 Å². The van der Waals surface area contributed by atoms with Crippen LogP contribution in [0.15, 0.2) is 0 Å². The quantitative estimate of drug-likeness (QED) is 0.684. The molecule has 0 aliphatic rings. The third kappa shape index (κ3) is 3.67. The summed E-state index contributed by atoms with van der Waals surface area (Å²) in [6, 6.07) is 0. The Labute approximate surface area is 113 Å². The highest BCUT2D eigenvalue weighted by Crippen LogP contribution is 2.21. The molecule has 0 spiro atoms. The minimum absolute atomic E-state index is 0.0354. The molecule has 5 nitrogen and oxygen atoms in total. The van der Waals surface area contributed by atoms with E-state index in [0.29, 0.717) is 17.7 Å². The van der Waals surface area contributed by atoms with Gasteiger partial charge in [0.25, 0.3) is 5.91 Å². The number of aromatic amines is 1. The van der Waals surface area contributed by atoms with Crippen LogP contribution in [0.3, 0.4) is 0 Å². The number of H-pyrrole nitrogens is 1. The minimum Gasteiger partial charge on any atom is -0.392 e. The summed E-state index contributed by atoms with van der Waals surface area (Å²) in [6.45, 7) is 7.10. The van der Waals surface area contributed by atoms with Gasteiger partial charge in [-0.15, -0.1) is 0 Å². The summed E-state index contributed by atoms with van der Waals surface area (Å²) in [6.07, 6.45) is 0.937. The summed E-state index contributed by atoms with van der Waals surface area (Å²) in [7, 11) is 0. The van der Waals surface area contributed by atoms with Gasteiger partial charge in [0, 0.05) is 17.8 Å². The number of aryl methyl sites for hydroxylation is 1. The van der Waals surface area contributed by atoms with Gasteiger partial charge in [0.15, 0.2) is 5.78 Å². The van der Waals surface area contributed by atoms with Gasteiger partial charge in [0.1, 0.15) is 5.69 Å². The van der Waals surface area contributed by atoms with Gasteiger partial charge < -0.3 is 15.4 Å². The average Bonchev–Trinajstić information content (AvgIpc) is 2.63. The number of aliphatic hydroxyl groups excluding tert-OH is 1. The number of ketones is 1. The van der Waals surface area contributed by atoms with Crippen molar-refractivity contribution >= 4 is 11.7 Å². The average molecular weight is 266 g/mol. The molecule has 0 aromatic carbocycles. The molecule has 0 bridgehead atoms. The zero-order valence-corrected chi connectivity index (χ0v) is 12.0. The molecule has 0 fully saturated rings. The second kappa shape index (κ2) is 6.52. The van der Waals surface area contributed by atoms with Crippen molar-refractivity contribution in [2.75, 3.05) is 6.54 Å². The Kier molecular flexibility index (Phi) is 5.30. The largest absolute Gasteiger partial charge is 0.392 e. The normalized spacial score (nSPS) is 12.3. The molecule has 1 aromatic rings. The Balaban J connectivity index is 3.09. The number of carbonyl (C=O) groups excluding carboxylic acids is 2. The molecular formula is C14H22N2O3. The van der Waals surface area contributed by atoms with Crippen LogP contribution >= 0.6 is 0 Å². The Hall–Kier alpha value is -1.62. The van der Waals surface area contributed by atoms with E-state index in [9.17, 15) is 14.7 Å². The second-order valence-electron chi connectivity index (χ2n) is 4.84. The molecule has 1 aromatic heterocycles. The van der Waals surface area contributed by atoms with Gasteiger partial charge >= 0.3 is 0 Å². The van der Waals surface area contributed by atoms with Gasteiger partial charge in [-0.1, -0.05) is 13.3 Å². The zero-order valence-electron chi connectivity index (χ0n) is 12.0. The van der Waals surface area contributed by atoms with E-state index >= 15 is 0 Å². The highest BCUT2D eigenvalue weighted by atomic mass is 16.3. The Morgan fingerprint density at radius 1 is 1.42 bits per heavy atom. The van der Waals surface area contributed by atoms with Crippen molar-refractivity contribution in [1.82, 2.24) is 10.3 Å². The van der Waals surface area contributed by atoms with Gasteiger partial charge in [-0.05, 0) is 32.8 Å². The van der Waals surface area contributed by atoms with Crippen LogP contribution in [-0.4, -0.2) is 34.4 Å². The fraction of sp³-hybridized carbons (Fsp3) is 0.571. The first kappa shape index (κ1) is 15.4. The monoisotopic (exact) mass is 266 g/mol. The van der Waals surface area contributed by atoms with Crippen LogP contribution in [-0.2, 0) is 6.42 Å².